The van der Waals surface area contributed by atoms with E-state index in [4.69, 9.17) is 14.2 Å². The molecule has 0 atom stereocenters. The zero-order valence-corrected chi connectivity index (χ0v) is 9.33. The Morgan fingerprint density at radius 1 is 1.00 bits per heavy atom. The average molecular weight is 214 g/mol. The lowest BCUT2D eigenvalue weighted by molar-refractivity contribution is 0.228. The van der Waals surface area contributed by atoms with E-state index in [-0.39, 0.29) is 11.9 Å². The Bertz CT molecular complexity index is 337. The first-order valence-corrected chi connectivity index (χ1v) is 4.66. The lowest BCUT2D eigenvalue weighted by Crippen LogP contribution is -2.07. The molecule has 0 unspecified atom stereocenters. The second kappa shape index (κ2) is 4.87. The lowest BCUT2D eigenvalue weighted by Gasteiger charge is -2.13. The quantitative estimate of drug-likeness (QED) is 0.771. The second-order valence-electron chi connectivity index (χ2n) is 3.30. The minimum absolute atomic E-state index is 0.0856. The summed E-state index contributed by atoms with van der Waals surface area (Å²) in [7, 11) is 2.95. The minimum Gasteiger partial charge on any atom is -0.493 e. The van der Waals surface area contributed by atoms with Crippen LogP contribution in [-0.4, -0.2) is 20.3 Å². The number of hydrogen-bond acceptors (Lipinski definition) is 3. The lowest BCUT2D eigenvalue weighted by atomic mass is 10.3. The number of rotatable bonds is 4. The first kappa shape index (κ1) is 11.6. The highest BCUT2D eigenvalue weighted by Gasteiger charge is 2.12. The molecule has 4 heteroatoms. The smallest absolute Gasteiger partial charge is 0.169 e. The van der Waals surface area contributed by atoms with Crippen molar-refractivity contribution >= 4 is 0 Å². The molecular formula is C11H15FO3. The Kier molecular flexibility index (Phi) is 3.77. The van der Waals surface area contributed by atoms with Crippen molar-refractivity contribution in [2.24, 2.45) is 0 Å². The van der Waals surface area contributed by atoms with Gasteiger partial charge in [0.2, 0.25) is 0 Å². The number of halogens is 1. The van der Waals surface area contributed by atoms with Crippen LogP contribution in [0.1, 0.15) is 13.8 Å². The summed E-state index contributed by atoms with van der Waals surface area (Å²) in [4.78, 5) is 0. The predicted molar refractivity (Wildman–Crippen MR) is 55.3 cm³/mol. The zero-order valence-electron chi connectivity index (χ0n) is 9.33. The van der Waals surface area contributed by atoms with Gasteiger partial charge < -0.3 is 14.2 Å². The Morgan fingerprint density at radius 3 is 2.00 bits per heavy atom. The van der Waals surface area contributed by atoms with Gasteiger partial charge in [-0.15, -0.1) is 0 Å². The van der Waals surface area contributed by atoms with Crippen LogP contribution < -0.4 is 14.2 Å². The third-order valence-electron chi connectivity index (χ3n) is 1.80. The monoisotopic (exact) mass is 214 g/mol. The summed E-state index contributed by atoms with van der Waals surface area (Å²) in [5.41, 5.74) is 0. The van der Waals surface area contributed by atoms with Crippen molar-refractivity contribution in [3.8, 4) is 17.2 Å². The molecule has 0 saturated carbocycles. The van der Waals surface area contributed by atoms with Gasteiger partial charge in [0, 0.05) is 12.1 Å². The molecule has 0 bridgehead atoms. The van der Waals surface area contributed by atoms with Crippen molar-refractivity contribution < 1.29 is 18.6 Å². The van der Waals surface area contributed by atoms with Crippen molar-refractivity contribution in [3.05, 3.63) is 17.9 Å². The maximum atomic E-state index is 13.5. The van der Waals surface area contributed by atoms with Gasteiger partial charge in [-0.2, -0.15) is 0 Å². The molecule has 0 saturated heterocycles. The molecule has 1 aromatic carbocycles. The Balaban J connectivity index is 3.08. The Morgan fingerprint density at radius 2 is 1.53 bits per heavy atom. The molecule has 0 aliphatic carbocycles. The Labute approximate surface area is 88.8 Å². The highest BCUT2D eigenvalue weighted by molar-refractivity contribution is 5.46. The fourth-order valence-corrected chi connectivity index (χ4v) is 1.18. The van der Waals surface area contributed by atoms with Crippen LogP contribution in [0.5, 0.6) is 17.2 Å². The number of methoxy groups -OCH3 is 2. The van der Waals surface area contributed by atoms with E-state index >= 15 is 0 Å². The van der Waals surface area contributed by atoms with Gasteiger partial charge in [-0.25, -0.2) is 4.39 Å². The van der Waals surface area contributed by atoms with Gasteiger partial charge >= 0.3 is 0 Å². The molecule has 0 amide bonds. The molecule has 0 fully saturated rings. The van der Waals surface area contributed by atoms with Crippen LogP contribution in [0.3, 0.4) is 0 Å². The largest absolute Gasteiger partial charge is 0.493 e. The summed E-state index contributed by atoms with van der Waals surface area (Å²) < 4.78 is 28.7. The molecule has 0 heterocycles. The molecule has 84 valence electrons. The first-order chi connectivity index (χ1) is 7.08. The van der Waals surface area contributed by atoms with Crippen LogP contribution in [-0.2, 0) is 0 Å². The van der Waals surface area contributed by atoms with Gasteiger partial charge in [-0.3, -0.25) is 0 Å². The summed E-state index contributed by atoms with van der Waals surface area (Å²) in [6.07, 6.45) is -0.0856. The van der Waals surface area contributed by atoms with E-state index in [0.717, 1.165) is 0 Å². The van der Waals surface area contributed by atoms with E-state index in [1.807, 2.05) is 13.8 Å². The second-order valence-corrected chi connectivity index (χ2v) is 3.30. The molecule has 0 aliphatic heterocycles. The summed E-state index contributed by atoms with van der Waals surface area (Å²) in [6.45, 7) is 3.66. The van der Waals surface area contributed by atoms with Gasteiger partial charge in [-0.05, 0) is 13.8 Å². The maximum absolute atomic E-state index is 13.5. The molecule has 0 N–H and O–H groups in total. The van der Waals surface area contributed by atoms with Crippen molar-refractivity contribution in [3.63, 3.8) is 0 Å². The van der Waals surface area contributed by atoms with E-state index in [0.29, 0.717) is 11.5 Å². The van der Waals surface area contributed by atoms with Crippen molar-refractivity contribution in [1.82, 2.24) is 0 Å². The summed E-state index contributed by atoms with van der Waals surface area (Å²) in [5, 5.41) is 0. The molecule has 15 heavy (non-hydrogen) atoms. The third-order valence-corrected chi connectivity index (χ3v) is 1.80. The van der Waals surface area contributed by atoms with Crippen molar-refractivity contribution in [2.75, 3.05) is 14.2 Å². The summed E-state index contributed by atoms with van der Waals surface area (Å²) in [6, 6.07) is 2.73. The highest BCUT2D eigenvalue weighted by Crippen LogP contribution is 2.33. The normalized spacial score (nSPS) is 10.3. The van der Waals surface area contributed by atoms with Gasteiger partial charge in [0.15, 0.2) is 23.1 Å². The van der Waals surface area contributed by atoms with E-state index < -0.39 is 5.82 Å². The van der Waals surface area contributed by atoms with E-state index in [9.17, 15) is 4.39 Å². The third kappa shape index (κ3) is 2.75. The molecule has 0 aliphatic rings. The van der Waals surface area contributed by atoms with Gasteiger partial charge in [0.1, 0.15) is 0 Å². The van der Waals surface area contributed by atoms with Crippen LogP contribution in [0.25, 0.3) is 0 Å². The summed E-state index contributed by atoms with van der Waals surface area (Å²) in [5.74, 6) is 0.518. The van der Waals surface area contributed by atoms with Crippen LogP contribution >= 0.6 is 0 Å². The molecule has 1 aromatic rings. The van der Waals surface area contributed by atoms with Crippen LogP contribution in [0, 0.1) is 5.82 Å². The number of ether oxygens (including phenoxy) is 3. The topological polar surface area (TPSA) is 27.7 Å². The first-order valence-electron chi connectivity index (χ1n) is 4.66. The molecule has 3 nitrogen and oxygen atoms in total. The predicted octanol–water partition coefficient (Wildman–Crippen LogP) is 2.63. The molecule has 0 spiro atoms. The fourth-order valence-electron chi connectivity index (χ4n) is 1.18. The van der Waals surface area contributed by atoms with Crippen molar-refractivity contribution in [2.45, 2.75) is 20.0 Å². The van der Waals surface area contributed by atoms with Crippen LogP contribution in [0.15, 0.2) is 12.1 Å². The van der Waals surface area contributed by atoms with Crippen molar-refractivity contribution in [1.29, 1.82) is 0 Å². The Hall–Kier alpha value is -1.45. The minimum atomic E-state index is -0.457. The highest BCUT2D eigenvalue weighted by atomic mass is 19.1. The molecule has 0 aromatic heterocycles. The van der Waals surface area contributed by atoms with E-state index in [1.54, 1.807) is 0 Å². The van der Waals surface area contributed by atoms with E-state index in [2.05, 4.69) is 0 Å². The molecule has 0 radical (unpaired) electrons. The number of benzene rings is 1. The van der Waals surface area contributed by atoms with E-state index in [1.165, 1.54) is 26.4 Å². The van der Waals surface area contributed by atoms with Gasteiger partial charge in [0.25, 0.3) is 0 Å². The molecule has 1 rings (SSSR count). The zero-order chi connectivity index (χ0) is 11.4. The van der Waals surface area contributed by atoms with Crippen LogP contribution in [0.2, 0.25) is 0 Å². The van der Waals surface area contributed by atoms with Gasteiger partial charge in [0.05, 0.1) is 20.3 Å². The molecular weight excluding hydrogens is 199 g/mol. The average Bonchev–Trinajstić information content (AvgIpc) is 2.19. The SMILES string of the molecule is COc1cc(F)c(OC(C)C)cc1OC. The maximum Gasteiger partial charge on any atom is 0.169 e. The summed E-state index contributed by atoms with van der Waals surface area (Å²) >= 11 is 0. The van der Waals surface area contributed by atoms with Gasteiger partial charge in [-0.1, -0.05) is 0 Å². The fraction of sp³-hybridized carbons (Fsp3) is 0.455. The van der Waals surface area contributed by atoms with Crippen LogP contribution in [0.4, 0.5) is 4.39 Å². The number of hydrogen-bond donors (Lipinski definition) is 0. The standard InChI is InChI=1S/C11H15FO3/c1-7(2)15-9-6-11(14-4)10(13-3)5-8(9)12/h5-7H,1-4H3.